The van der Waals surface area contributed by atoms with Gasteiger partial charge in [-0.25, -0.2) is 18.6 Å². The highest BCUT2D eigenvalue weighted by molar-refractivity contribution is 8.15. The van der Waals surface area contributed by atoms with Gasteiger partial charge < -0.3 is 10.6 Å². The molecule has 0 spiro atoms. The summed E-state index contributed by atoms with van der Waals surface area (Å²) in [4.78, 5) is 21.9. The number of hydroxylamine groups is 2. The van der Waals surface area contributed by atoms with Crippen molar-refractivity contribution in [2.75, 3.05) is 33.8 Å². The first-order valence-corrected chi connectivity index (χ1v) is 12.2. The van der Waals surface area contributed by atoms with E-state index in [0.717, 1.165) is 54.3 Å². The van der Waals surface area contributed by atoms with Crippen LogP contribution in [0.15, 0.2) is 58.6 Å². The van der Waals surface area contributed by atoms with Crippen molar-refractivity contribution in [1.82, 2.24) is 20.7 Å². The zero-order valence-electron chi connectivity index (χ0n) is 19.6. The molecule has 0 saturated carbocycles. The van der Waals surface area contributed by atoms with Crippen LogP contribution in [0.2, 0.25) is 0 Å². The maximum Gasteiger partial charge on any atom is 0.365 e. The molecular weight excluding hydrogens is 474 g/mol. The molecule has 0 fully saturated rings. The maximum absolute atomic E-state index is 14.7. The first kappa shape index (κ1) is 24.9. The molecule has 0 aromatic heterocycles. The van der Waals surface area contributed by atoms with Crippen molar-refractivity contribution in [3.8, 4) is 0 Å². The third-order valence-corrected chi connectivity index (χ3v) is 7.23. The molecule has 35 heavy (non-hydrogen) atoms. The molecule has 2 amide bonds. The molecule has 1 atom stereocenters. The topological polar surface area (TPSA) is 81.6 Å². The molecule has 2 aromatic carbocycles. The molecule has 8 nitrogen and oxygen atoms in total. The first-order valence-electron chi connectivity index (χ1n) is 11.4. The third kappa shape index (κ3) is 5.40. The van der Waals surface area contributed by atoms with E-state index < -0.39 is 22.5 Å². The highest BCUT2D eigenvalue weighted by atomic mass is 32.2. The third-order valence-electron chi connectivity index (χ3n) is 5.79. The zero-order valence-corrected chi connectivity index (χ0v) is 20.4. The predicted molar refractivity (Wildman–Crippen MR) is 133 cm³/mol. The van der Waals surface area contributed by atoms with Crippen LogP contribution in [0.1, 0.15) is 30.4 Å². The van der Waals surface area contributed by atoms with E-state index in [0.29, 0.717) is 19.4 Å². The number of nitrogens with one attached hydrogen (secondary N) is 2. The fraction of sp³-hybridized carbons (Fsp3) is 0.375. The first-order chi connectivity index (χ1) is 16.9. The molecule has 2 heterocycles. The van der Waals surface area contributed by atoms with Gasteiger partial charge in [-0.15, -0.1) is 0 Å². The summed E-state index contributed by atoms with van der Waals surface area (Å²) in [5.41, 5.74) is 0.816. The number of aliphatic imine (C=N–C) groups is 1. The van der Waals surface area contributed by atoms with Gasteiger partial charge in [0.15, 0.2) is 5.96 Å². The molecule has 4 rings (SSSR count). The van der Waals surface area contributed by atoms with Crippen LogP contribution >= 0.6 is 11.8 Å². The molecule has 186 valence electrons. The van der Waals surface area contributed by atoms with Crippen LogP contribution < -0.4 is 10.6 Å². The molecule has 11 heteroatoms. The van der Waals surface area contributed by atoms with E-state index in [1.54, 1.807) is 0 Å². The Kier molecular flexibility index (Phi) is 7.86. The Balaban J connectivity index is 1.68. The summed E-state index contributed by atoms with van der Waals surface area (Å²) >= 11 is 1.23. The van der Waals surface area contributed by atoms with Gasteiger partial charge in [0.1, 0.15) is 21.5 Å². The van der Waals surface area contributed by atoms with Crippen LogP contribution in [-0.2, 0) is 9.71 Å². The van der Waals surface area contributed by atoms with Crippen LogP contribution in [0, 0.1) is 11.6 Å². The number of hydrogen-bond acceptors (Lipinski definition) is 7. The highest BCUT2D eigenvalue weighted by Crippen LogP contribution is 2.50. The van der Waals surface area contributed by atoms with Crippen molar-refractivity contribution in [2.24, 2.45) is 10.1 Å². The number of nitrogens with zero attached hydrogens (tertiary/aromatic N) is 4. The standard InChI is InChI=1S/C24H28F2N6O2S/c1-31(34-2)23(33)32-24(17-8-4-3-5-9-17,12-6-13-27-22-28-14-7-15-29-22)35-21(30-32)19-16-18(25)10-11-20(19)26/h3-5,8-11,16H,6-7,12-15H2,1-2H3,(H2,27,28,29). The lowest BCUT2D eigenvalue weighted by molar-refractivity contribution is -0.0805. The van der Waals surface area contributed by atoms with Gasteiger partial charge in [-0.05, 0) is 43.0 Å². The summed E-state index contributed by atoms with van der Waals surface area (Å²) in [5.74, 6) is -0.439. The van der Waals surface area contributed by atoms with Crippen LogP contribution in [0.4, 0.5) is 13.6 Å². The fourth-order valence-corrected chi connectivity index (χ4v) is 5.36. The SMILES string of the molecule is CON(C)C(=O)N1N=C(c2cc(F)ccc2F)SC1(CCCNC1=NCCCN1)c1ccccc1. The monoisotopic (exact) mass is 502 g/mol. The Morgan fingerprint density at radius 2 is 2.09 bits per heavy atom. The Morgan fingerprint density at radius 3 is 2.80 bits per heavy atom. The number of hydrogen-bond donors (Lipinski definition) is 2. The largest absolute Gasteiger partial charge is 0.365 e. The lowest BCUT2D eigenvalue weighted by Gasteiger charge is -2.37. The van der Waals surface area contributed by atoms with Gasteiger partial charge in [-0.1, -0.05) is 42.1 Å². The summed E-state index contributed by atoms with van der Waals surface area (Å²) in [7, 11) is 2.86. The molecule has 2 N–H and O–H groups in total. The van der Waals surface area contributed by atoms with Crippen molar-refractivity contribution in [1.29, 1.82) is 0 Å². The molecular formula is C24H28F2N6O2S. The second kappa shape index (κ2) is 11.0. The quantitative estimate of drug-likeness (QED) is 0.444. The molecule has 0 radical (unpaired) electrons. The highest BCUT2D eigenvalue weighted by Gasteiger charge is 2.49. The van der Waals surface area contributed by atoms with Crippen LogP contribution in [0.25, 0.3) is 0 Å². The normalized spacial score (nSPS) is 19.6. The van der Waals surface area contributed by atoms with Crippen molar-refractivity contribution in [3.05, 3.63) is 71.3 Å². The van der Waals surface area contributed by atoms with Gasteiger partial charge in [-0.3, -0.25) is 9.83 Å². The molecule has 0 aliphatic carbocycles. The van der Waals surface area contributed by atoms with Crippen LogP contribution in [-0.4, -0.2) is 60.9 Å². The number of carbonyl (C=O) groups is 1. The number of rotatable bonds is 7. The Labute approximate surface area is 207 Å². The van der Waals surface area contributed by atoms with Gasteiger partial charge in [-0.2, -0.15) is 10.1 Å². The molecule has 1 unspecified atom stereocenters. The van der Waals surface area contributed by atoms with Gasteiger partial charge in [0.25, 0.3) is 0 Å². The van der Waals surface area contributed by atoms with E-state index in [9.17, 15) is 13.6 Å². The lowest BCUT2D eigenvalue weighted by atomic mass is 10.0. The van der Waals surface area contributed by atoms with Crippen molar-refractivity contribution in [3.63, 3.8) is 0 Å². The van der Waals surface area contributed by atoms with Gasteiger partial charge in [0.05, 0.1) is 7.11 Å². The van der Waals surface area contributed by atoms with Crippen molar-refractivity contribution >= 4 is 28.8 Å². The predicted octanol–water partition coefficient (Wildman–Crippen LogP) is 3.86. The minimum atomic E-state index is -0.997. The Hall–Kier alpha value is -3.18. The second-order valence-corrected chi connectivity index (χ2v) is 9.36. The smallest absolute Gasteiger partial charge is 0.356 e. The minimum absolute atomic E-state index is 0.00422. The van der Waals surface area contributed by atoms with E-state index in [-0.39, 0.29) is 10.6 Å². The second-order valence-electron chi connectivity index (χ2n) is 8.10. The van der Waals surface area contributed by atoms with E-state index in [1.807, 2.05) is 30.3 Å². The van der Waals surface area contributed by atoms with E-state index in [1.165, 1.54) is 30.9 Å². The average molecular weight is 503 g/mol. The number of hydrazone groups is 1. The number of urea groups is 1. The van der Waals surface area contributed by atoms with Crippen molar-refractivity contribution in [2.45, 2.75) is 24.1 Å². The van der Waals surface area contributed by atoms with Gasteiger partial charge in [0.2, 0.25) is 0 Å². The summed E-state index contributed by atoms with van der Waals surface area (Å²) in [5, 5.41) is 13.6. The number of carbonyl (C=O) groups excluding carboxylic acids is 1. The van der Waals surface area contributed by atoms with Crippen molar-refractivity contribution < 1.29 is 18.4 Å². The van der Waals surface area contributed by atoms with Crippen LogP contribution in [0.5, 0.6) is 0 Å². The average Bonchev–Trinajstić information content (AvgIpc) is 3.28. The Morgan fingerprint density at radius 1 is 1.29 bits per heavy atom. The van der Waals surface area contributed by atoms with Crippen LogP contribution in [0.3, 0.4) is 0 Å². The Bertz CT molecular complexity index is 1120. The van der Waals surface area contributed by atoms with E-state index in [2.05, 4.69) is 20.7 Å². The number of guanidine groups is 1. The molecule has 2 aliphatic rings. The number of halogens is 2. The van der Waals surface area contributed by atoms with E-state index >= 15 is 0 Å². The molecule has 2 aliphatic heterocycles. The minimum Gasteiger partial charge on any atom is -0.356 e. The molecule has 0 saturated heterocycles. The zero-order chi connectivity index (χ0) is 24.8. The molecule has 2 aromatic rings. The summed E-state index contributed by atoms with van der Waals surface area (Å²) in [6, 6.07) is 12.1. The van der Waals surface area contributed by atoms with Gasteiger partial charge in [0, 0.05) is 32.2 Å². The van der Waals surface area contributed by atoms with E-state index in [4.69, 9.17) is 4.84 Å². The summed E-state index contributed by atoms with van der Waals surface area (Å²) in [6.45, 7) is 2.26. The molecule has 0 bridgehead atoms. The summed E-state index contributed by atoms with van der Waals surface area (Å²) < 4.78 is 28.7. The van der Waals surface area contributed by atoms with Gasteiger partial charge >= 0.3 is 6.03 Å². The number of benzene rings is 2. The fourth-order valence-electron chi connectivity index (χ4n) is 3.94. The number of amides is 2. The maximum atomic E-state index is 14.7. The number of thioether (sulfide) groups is 1. The summed E-state index contributed by atoms with van der Waals surface area (Å²) in [6.07, 6.45) is 2.13. The lowest BCUT2D eigenvalue weighted by Crippen LogP contribution is -2.47.